The lowest BCUT2D eigenvalue weighted by atomic mass is 10.2. The summed E-state index contributed by atoms with van der Waals surface area (Å²) < 4.78 is 30.6. The average Bonchev–Trinajstić information content (AvgIpc) is 2.35. The van der Waals surface area contributed by atoms with Crippen LogP contribution in [0.15, 0.2) is 29.2 Å². The van der Waals surface area contributed by atoms with E-state index in [-0.39, 0.29) is 11.4 Å². The van der Waals surface area contributed by atoms with Crippen LogP contribution in [0.1, 0.15) is 5.56 Å². The fourth-order valence-electron chi connectivity index (χ4n) is 1.33. The first-order valence-corrected chi connectivity index (χ1v) is 7.07. The molecule has 1 N–H and O–H groups in total. The van der Waals surface area contributed by atoms with Crippen LogP contribution in [0.25, 0.3) is 0 Å². The fraction of sp³-hybridized carbons (Fsp3) is 0.364. The molecule has 0 aliphatic carbocycles. The SMILES string of the molecule is COC(=O)C(Cl)CNS(=O)(=O)c1ccccc1C. The Balaban J connectivity index is 2.78. The van der Waals surface area contributed by atoms with E-state index in [1.807, 2.05) is 0 Å². The molecule has 0 bridgehead atoms. The third-order valence-corrected chi connectivity index (χ3v) is 4.21. The minimum Gasteiger partial charge on any atom is -0.468 e. The maximum atomic E-state index is 11.9. The van der Waals surface area contributed by atoms with Gasteiger partial charge < -0.3 is 4.74 Å². The molecule has 0 saturated carbocycles. The molecule has 0 aromatic heterocycles. The highest BCUT2D eigenvalue weighted by Crippen LogP contribution is 2.13. The summed E-state index contributed by atoms with van der Waals surface area (Å²) >= 11 is 5.66. The Labute approximate surface area is 111 Å². The second kappa shape index (κ2) is 6.17. The van der Waals surface area contributed by atoms with Gasteiger partial charge in [0.25, 0.3) is 0 Å². The Morgan fingerprint density at radius 1 is 1.44 bits per heavy atom. The molecule has 7 heteroatoms. The van der Waals surface area contributed by atoms with Crippen molar-refractivity contribution in [2.24, 2.45) is 0 Å². The van der Waals surface area contributed by atoms with Crippen molar-refractivity contribution in [3.8, 4) is 0 Å². The first kappa shape index (κ1) is 14.9. The van der Waals surface area contributed by atoms with Crippen molar-refractivity contribution in [2.75, 3.05) is 13.7 Å². The van der Waals surface area contributed by atoms with E-state index < -0.39 is 21.4 Å². The summed E-state index contributed by atoms with van der Waals surface area (Å²) in [6.45, 7) is 1.47. The smallest absolute Gasteiger partial charge is 0.325 e. The molecule has 0 spiro atoms. The molecule has 18 heavy (non-hydrogen) atoms. The minimum atomic E-state index is -3.67. The van der Waals surface area contributed by atoms with Gasteiger partial charge in [-0.05, 0) is 18.6 Å². The summed E-state index contributed by atoms with van der Waals surface area (Å²) in [6.07, 6.45) is 0. The topological polar surface area (TPSA) is 72.5 Å². The zero-order valence-corrected chi connectivity index (χ0v) is 11.6. The van der Waals surface area contributed by atoms with Crippen LogP contribution in [0.5, 0.6) is 0 Å². The summed E-state index contributed by atoms with van der Waals surface area (Å²) in [5.74, 6) is -0.677. The molecule has 100 valence electrons. The Hall–Kier alpha value is -1.11. The van der Waals surface area contributed by atoms with Gasteiger partial charge in [-0.3, -0.25) is 4.79 Å². The van der Waals surface area contributed by atoms with Crippen LogP contribution in [-0.2, 0) is 19.6 Å². The number of carbonyl (C=O) groups is 1. The molecule has 0 fully saturated rings. The molecule has 0 amide bonds. The molecule has 0 heterocycles. The number of nitrogens with one attached hydrogen (secondary N) is 1. The van der Waals surface area contributed by atoms with Gasteiger partial charge in [-0.15, -0.1) is 11.6 Å². The zero-order chi connectivity index (χ0) is 13.8. The Morgan fingerprint density at radius 2 is 2.06 bits per heavy atom. The Morgan fingerprint density at radius 3 is 2.61 bits per heavy atom. The molecule has 1 rings (SSSR count). The van der Waals surface area contributed by atoms with Gasteiger partial charge in [-0.25, -0.2) is 13.1 Å². The van der Waals surface area contributed by atoms with Gasteiger partial charge in [0.1, 0.15) is 5.38 Å². The van der Waals surface area contributed by atoms with Gasteiger partial charge in [0, 0.05) is 6.54 Å². The van der Waals surface area contributed by atoms with Crippen LogP contribution in [0.4, 0.5) is 0 Å². The highest BCUT2D eigenvalue weighted by molar-refractivity contribution is 7.89. The molecule has 0 aliphatic rings. The van der Waals surface area contributed by atoms with E-state index in [0.29, 0.717) is 5.56 Å². The molecule has 1 aromatic carbocycles. The Kier molecular flexibility index (Phi) is 5.13. The van der Waals surface area contributed by atoms with E-state index in [1.165, 1.54) is 13.2 Å². The van der Waals surface area contributed by atoms with Gasteiger partial charge in [-0.2, -0.15) is 0 Å². The first-order chi connectivity index (χ1) is 8.38. The van der Waals surface area contributed by atoms with Crippen LogP contribution in [-0.4, -0.2) is 33.4 Å². The predicted octanol–water partition coefficient (Wildman–Crippen LogP) is 1.05. The fourth-order valence-corrected chi connectivity index (χ4v) is 2.88. The van der Waals surface area contributed by atoms with Crippen LogP contribution < -0.4 is 4.72 Å². The van der Waals surface area contributed by atoms with Crippen molar-refractivity contribution in [3.63, 3.8) is 0 Å². The molecule has 0 saturated heterocycles. The quantitative estimate of drug-likeness (QED) is 0.650. The highest BCUT2D eigenvalue weighted by Gasteiger charge is 2.21. The maximum absolute atomic E-state index is 11.9. The summed E-state index contributed by atoms with van der Waals surface area (Å²) in [4.78, 5) is 11.2. The number of aryl methyl sites for hydroxylation is 1. The van der Waals surface area contributed by atoms with Crippen molar-refractivity contribution >= 4 is 27.6 Å². The summed E-state index contributed by atoms with van der Waals surface area (Å²) in [5, 5.41) is -1.05. The number of methoxy groups -OCH3 is 1. The Bertz CT molecular complexity index is 530. The molecule has 5 nitrogen and oxygen atoms in total. The summed E-state index contributed by atoms with van der Waals surface area (Å²) in [5.41, 5.74) is 0.620. The van der Waals surface area contributed by atoms with Crippen LogP contribution in [0, 0.1) is 6.92 Å². The van der Waals surface area contributed by atoms with Crippen LogP contribution >= 0.6 is 11.6 Å². The third-order valence-electron chi connectivity index (χ3n) is 2.29. The largest absolute Gasteiger partial charge is 0.468 e. The molecule has 1 aromatic rings. The van der Waals surface area contributed by atoms with Gasteiger partial charge >= 0.3 is 5.97 Å². The van der Waals surface area contributed by atoms with Crippen molar-refractivity contribution in [1.82, 2.24) is 4.72 Å². The van der Waals surface area contributed by atoms with Crippen molar-refractivity contribution < 1.29 is 17.9 Å². The lowest BCUT2D eigenvalue weighted by Gasteiger charge is -2.11. The lowest BCUT2D eigenvalue weighted by molar-refractivity contribution is -0.140. The van der Waals surface area contributed by atoms with Gasteiger partial charge in [0.2, 0.25) is 10.0 Å². The summed E-state index contributed by atoms with van der Waals surface area (Å²) in [7, 11) is -2.48. The first-order valence-electron chi connectivity index (χ1n) is 5.15. The average molecular weight is 292 g/mol. The van der Waals surface area contributed by atoms with Crippen molar-refractivity contribution in [3.05, 3.63) is 29.8 Å². The number of sulfonamides is 1. The van der Waals surface area contributed by atoms with Crippen LogP contribution in [0.3, 0.4) is 0 Å². The van der Waals surface area contributed by atoms with Crippen LogP contribution in [0.2, 0.25) is 0 Å². The number of esters is 1. The third kappa shape index (κ3) is 3.69. The molecule has 1 unspecified atom stereocenters. The van der Waals surface area contributed by atoms with Gasteiger partial charge in [-0.1, -0.05) is 18.2 Å². The predicted molar refractivity (Wildman–Crippen MR) is 68.0 cm³/mol. The van der Waals surface area contributed by atoms with E-state index in [9.17, 15) is 13.2 Å². The number of benzene rings is 1. The number of ether oxygens (including phenoxy) is 1. The monoisotopic (exact) mass is 291 g/mol. The molecule has 0 radical (unpaired) electrons. The molecule has 1 atom stereocenters. The van der Waals surface area contributed by atoms with E-state index >= 15 is 0 Å². The standard InChI is InChI=1S/C11H14ClNO4S/c1-8-5-3-4-6-10(8)18(15,16)13-7-9(12)11(14)17-2/h3-6,9,13H,7H2,1-2H3. The number of alkyl halides is 1. The second-order valence-corrected chi connectivity index (χ2v) is 5.87. The second-order valence-electron chi connectivity index (χ2n) is 3.61. The van der Waals surface area contributed by atoms with Gasteiger partial charge in [0.05, 0.1) is 12.0 Å². The van der Waals surface area contributed by atoms with Crippen molar-refractivity contribution in [2.45, 2.75) is 17.2 Å². The van der Waals surface area contributed by atoms with E-state index in [0.717, 1.165) is 0 Å². The summed E-state index contributed by atoms with van der Waals surface area (Å²) in [6, 6.07) is 6.54. The number of halogens is 1. The van der Waals surface area contributed by atoms with E-state index in [4.69, 9.17) is 11.6 Å². The van der Waals surface area contributed by atoms with E-state index in [2.05, 4.69) is 9.46 Å². The lowest BCUT2D eigenvalue weighted by Crippen LogP contribution is -2.34. The highest BCUT2D eigenvalue weighted by atomic mass is 35.5. The van der Waals surface area contributed by atoms with E-state index in [1.54, 1.807) is 25.1 Å². The number of rotatable bonds is 5. The van der Waals surface area contributed by atoms with Crippen molar-refractivity contribution in [1.29, 1.82) is 0 Å². The number of carbonyl (C=O) groups excluding carboxylic acids is 1. The molecule has 0 aliphatic heterocycles. The molecular formula is C11H14ClNO4S. The minimum absolute atomic E-state index is 0.165. The number of hydrogen-bond donors (Lipinski definition) is 1. The molecular weight excluding hydrogens is 278 g/mol. The van der Waals surface area contributed by atoms with Gasteiger partial charge in [0.15, 0.2) is 0 Å². The normalized spacial score (nSPS) is 13.1. The number of hydrogen-bond acceptors (Lipinski definition) is 4. The maximum Gasteiger partial charge on any atom is 0.325 e. The zero-order valence-electron chi connectivity index (χ0n) is 10.0.